The lowest BCUT2D eigenvalue weighted by Crippen LogP contribution is -2.14. The van der Waals surface area contributed by atoms with E-state index >= 15 is 0 Å². The Labute approximate surface area is 124 Å². The van der Waals surface area contributed by atoms with E-state index in [1.165, 1.54) is 29.8 Å². The van der Waals surface area contributed by atoms with Crippen molar-refractivity contribution in [2.75, 3.05) is 11.9 Å². The smallest absolute Gasteiger partial charge is 0.341 e. The lowest BCUT2D eigenvalue weighted by Gasteiger charge is -2.07. The number of rotatable bonds is 4. The summed E-state index contributed by atoms with van der Waals surface area (Å²) in [5.74, 6) is -0.865. The van der Waals surface area contributed by atoms with Crippen molar-refractivity contribution in [1.82, 2.24) is 4.98 Å². The zero-order chi connectivity index (χ0) is 14.5. The highest BCUT2D eigenvalue weighted by Gasteiger charge is 2.17. The van der Waals surface area contributed by atoms with Crippen LogP contribution in [0.3, 0.4) is 0 Å². The predicted molar refractivity (Wildman–Crippen MR) is 77.5 cm³/mol. The summed E-state index contributed by atoms with van der Waals surface area (Å²) in [6.07, 6.45) is 2.86. The van der Waals surface area contributed by atoms with Crippen LogP contribution in [0.2, 0.25) is 5.02 Å². The first kappa shape index (κ1) is 14.5. The van der Waals surface area contributed by atoms with E-state index in [9.17, 15) is 9.59 Å². The number of esters is 1. The molecule has 7 heteroatoms. The van der Waals surface area contributed by atoms with Crippen LogP contribution >= 0.6 is 22.9 Å². The van der Waals surface area contributed by atoms with Gasteiger partial charge in [-0.3, -0.25) is 9.78 Å². The summed E-state index contributed by atoms with van der Waals surface area (Å²) in [7, 11) is 0. The minimum absolute atomic E-state index is 0.249. The van der Waals surface area contributed by atoms with E-state index in [0.717, 1.165) is 0 Å². The molecule has 0 unspecified atom stereocenters. The highest BCUT2D eigenvalue weighted by molar-refractivity contribution is 7.14. The number of hydrogen-bond donors (Lipinski definition) is 1. The normalized spacial score (nSPS) is 10.1. The van der Waals surface area contributed by atoms with Gasteiger partial charge in [0.05, 0.1) is 22.8 Å². The van der Waals surface area contributed by atoms with E-state index in [-0.39, 0.29) is 11.6 Å². The highest BCUT2D eigenvalue weighted by atomic mass is 35.5. The van der Waals surface area contributed by atoms with E-state index in [2.05, 4.69) is 10.3 Å². The molecule has 1 amide bonds. The molecule has 20 heavy (non-hydrogen) atoms. The molecule has 0 bridgehead atoms. The summed E-state index contributed by atoms with van der Waals surface area (Å²) < 4.78 is 4.92. The number of ether oxygens (including phenoxy) is 1. The Morgan fingerprint density at radius 2 is 2.20 bits per heavy atom. The van der Waals surface area contributed by atoms with Gasteiger partial charge in [0.15, 0.2) is 0 Å². The molecule has 0 fully saturated rings. The van der Waals surface area contributed by atoms with Crippen molar-refractivity contribution in [2.24, 2.45) is 0 Å². The topological polar surface area (TPSA) is 68.3 Å². The molecule has 0 radical (unpaired) electrons. The summed E-state index contributed by atoms with van der Waals surface area (Å²) in [4.78, 5) is 27.6. The first-order valence-corrected chi connectivity index (χ1v) is 7.04. The minimum atomic E-state index is -0.468. The van der Waals surface area contributed by atoms with Crippen LogP contribution < -0.4 is 5.32 Å². The molecule has 0 aliphatic rings. The number of hydrogen-bond acceptors (Lipinski definition) is 5. The van der Waals surface area contributed by atoms with Crippen molar-refractivity contribution in [3.8, 4) is 0 Å². The Morgan fingerprint density at radius 3 is 2.90 bits per heavy atom. The quantitative estimate of drug-likeness (QED) is 0.880. The van der Waals surface area contributed by atoms with Gasteiger partial charge in [-0.05, 0) is 24.4 Å². The molecule has 2 heterocycles. The molecule has 0 saturated carbocycles. The number of carbonyl (C=O) groups is 2. The molecule has 1 N–H and O–H groups in total. The third-order valence-electron chi connectivity index (χ3n) is 2.40. The second kappa shape index (κ2) is 6.49. The number of pyridine rings is 1. The monoisotopic (exact) mass is 310 g/mol. The fraction of sp³-hybridized carbons (Fsp3) is 0.154. The maximum Gasteiger partial charge on any atom is 0.341 e. The van der Waals surface area contributed by atoms with E-state index in [1.807, 2.05) is 0 Å². The summed E-state index contributed by atoms with van der Waals surface area (Å²) >= 11 is 7.14. The van der Waals surface area contributed by atoms with Gasteiger partial charge in [0.2, 0.25) is 0 Å². The fourth-order valence-electron chi connectivity index (χ4n) is 1.51. The zero-order valence-corrected chi connectivity index (χ0v) is 12.1. The zero-order valence-electron chi connectivity index (χ0n) is 10.6. The van der Waals surface area contributed by atoms with Crippen LogP contribution in [0.25, 0.3) is 0 Å². The van der Waals surface area contributed by atoms with Crippen LogP contribution in [-0.2, 0) is 4.74 Å². The molecule has 0 saturated heterocycles. The number of carbonyl (C=O) groups excluding carboxylic acids is 2. The lowest BCUT2D eigenvalue weighted by molar-refractivity contribution is 0.0528. The number of aromatic nitrogens is 1. The molecule has 2 aromatic rings. The van der Waals surface area contributed by atoms with Crippen LogP contribution in [0.4, 0.5) is 5.00 Å². The number of nitrogens with one attached hydrogen (secondary N) is 1. The second-order valence-corrected chi connectivity index (χ2v) is 5.02. The molecule has 0 aromatic carbocycles. The third-order valence-corrected chi connectivity index (χ3v) is 3.54. The summed E-state index contributed by atoms with van der Waals surface area (Å²) in [6.45, 7) is 2.00. The van der Waals surface area contributed by atoms with Crippen molar-refractivity contribution in [3.63, 3.8) is 0 Å². The van der Waals surface area contributed by atoms with Crippen LogP contribution in [0.1, 0.15) is 27.6 Å². The average Bonchev–Trinajstić information content (AvgIpc) is 2.87. The Bertz CT molecular complexity index is 642. The number of nitrogens with zero attached hydrogens (tertiary/aromatic N) is 1. The van der Waals surface area contributed by atoms with Crippen LogP contribution in [0, 0.1) is 0 Å². The Balaban J connectivity index is 2.19. The number of anilines is 1. The van der Waals surface area contributed by atoms with Crippen molar-refractivity contribution in [3.05, 3.63) is 46.1 Å². The summed E-state index contributed by atoms with van der Waals surface area (Å²) in [6, 6.07) is 3.11. The molecule has 104 valence electrons. The van der Waals surface area contributed by atoms with E-state index in [1.54, 1.807) is 18.4 Å². The van der Waals surface area contributed by atoms with Gasteiger partial charge in [-0.1, -0.05) is 11.6 Å². The first-order valence-electron chi connectivity index (χ1n) is 5.79. The molecule has 0 atom stereocenters. The van der Waals surface area contributed by atoms with Crippen LogP contribution in [0.5, 0.6) is 0 Å². The van der Waals surface area contributed by atoms with Crippen molar-refractivity contribution in [1.29, 1.82) is 0 Å². The molecule has 0 aliphatic carbocycles. The van der Waals surface area contributed by atoms with Crippen LogP contribution in [-0.4, -0.2) is 23.5 Å². The van der Waals surface area contributed by atoms with E-state index in [4.69, 9.17) is 16.3 Å². The molecule has 0 aliphatic heterocycles. The number of amides is 1. The van der Waals surface area contributed by atoms with Crippen molar-refractivity contribution in [2.45, 2.75) is 6.92 Å². The fourth-order valence-corrected chi connectivity index (χ4v) is 2.48. The molecule has 5 nitrogen and oxygen atoms in total. The van der Waals surface area contributed by atoms with Gasteiger partial charge in [-0.15, -0.1) is 11.3 Å². The maximum atomic E-state index is 12.1. The minimum Gasteiger partial charge on any atom is -0.462 e. The molecule has 2 aromatic heterocycles. The van der Waals surface area contributed by atoms with Gasteiger partial charge >= 0.3 is 5.97 Å². The standard InChI is InChI=1S/C13H11ClN2O3S/c1-2-19-13(18)9-4-6-20-12(9)16-11(17)8-3-5-15-7-10(8)14/h3-7H,2H2,1H3,(H,16,17). The molecule has 0 spiro atoms. The maximum absolute atomic E-state index is 12.1. The van der Waals surface area contributed by atoms with Gasteiger partial charge in [0.25, 0.3) is 5.91 Å². The second-order valence-electron chi connectivity index (χ2n) is 3.69. The van der Waals surface area contributed by atoms with Gasteiger partial charge in [-0.2, -0.15) is 0 Å². The number of thiophene rings is 1. The van der Waals surface area contributed by atoms with Crippen LogP contribution in [0.15, 0.2) is 29.9 Å². The largest absolute Gasteiger partial charge is 0.462 e. The lowest BCUT2D eigenvalue weighted by atomic mass is 10.2. The third kappa shape index (κ3) is 3.15. The highest BCUT2D eigenvalue weighted by Crippen LogP contribution is 2.25. The van der Waals surface area contributed by atoms with Crippen molar-refractivity contribution < 1.29 is 14.3 Å². The summed E-state index contributed by atoms with van der Waals surface area (Å²) in [5, 5.41) is 5.04. The van der Waals surface area contributed by atoms with Crippen molar-refractivity contribution >= 4 is 39.8 Å². The Kier molecular flexibility index (Phi) is 4.70. The first-order chi connectivity index (χ1) is 9.63. The number of halogens is 1. The van der Waals surface area contributed by atoms with E-state index < -0.39 is 11.9 Å². The average molecular weight is 311 g/mol. The van der Waals surface area contributed by atoms with E-state index in [0.29, 0.717) is 16.1 Å². The SMILES string of the molecule is CCOC(=O)c1ccsc1NC(=O)c1ccncc1Cl. The molecule has 2 rings (SSSR count). The predicted octanol–water partition coefficient (Wildman–Crippen LogP) is 3.23. The summed E-state index contributed by atoms with van der Waals surface area (Å²) in [5.41, 5.74) is 0.625. The van der Waals surface area contributed by atoms with Gasteiger partial charge < -0.3 is 10.1 Å². The van der Waals surface area contributed by atoms with Gasteiger partial charge in [0, 0.05) is 12.4 Å². The van der Waals surface area contributed by atoms with Gasteiger partial charge in [0.1, 0.15) is 5.00 Å². The molecular weight excluding hydrogens is 300 g/mol. The molecular formula is C13H11ClN2O3S. The Hall–Kier alpha value is -1.92. The Morgan fingerprint density at radius 1 is 1.40 bits per heavy atom. The van der Waals surface area contributed by atoms with Gasteiger partial charge in [-0.25, -0.2) is 4.79 Å².